The summed E-state index contributed by atoms with van der Waals surface area (Å²) in [4.78, 5) is 6.54. The Balaban J connectivity index is 1.49. The Bertz CT molecular complexity index is 751. The highest BCUT2D eigenvalue weighted by molar-refractivity contribution is 7.88. The van der Waals surface area contributed by atoms with Gasteiger partial charge in [0.15, 0.2) is 0 Å². The monoisotopic (exact) mass is 359 g/mol. The first-order chi connectivity index (χ1) is 12.1. The van der Waals surface area contributed by atoms with E-state index in [0.29, 0.717) is 12.5 Å². The molecule has 1 aliphatic rings. The van der Waals surface area contributed by atoms with Crippen LogP contribution in [0.25, 0.3) is 0 Å². The molecular formula is C19H25N3O2S. The van der Waals surface area contributed by atoms with Gasteiger partial charge in [0.05, 0.1) is 5.75 Å². The first kappa shape index (κ1) is 18.0. The minimum Gasteiger partial charge on any atom is -0.299 e. The van der Waals surface area contributed by atoms with E-state index in [0.717, 1.165) is 38.0 Å². The number of pyridine rings is 1. The second-order valence-electron chi connectivity index (χ2n) is 6.70. The molecule has 2 aromatic rings. The average Bonchev–Trinajstić information content (AvgIpc) is 2.62. The number of sulfonamides is 1. The number of nitrogens with one attached hydrogen (secondary N) is 1. The Morgan fingerprint density at radius 3 is 2.68 bits per heavy atom. The van der Waals surface area contributed by atoms with E-state index >= 15 is 0 Å². The maximum absolute atomic E-state index is 12.3. The van der Waals surface area contributed by atoms with Crippen LogP contribution in [0.2, 0.25) is 0 Å². The van der Waals surface area contributed by atoms with Crippen molar-refractivity contribution in [2.24, 2.45) is 5.92 Å². The SMILES string of the molecule is O=S(=O)(Cc1ccccc1)NC[C@H]1CCCN(Cc2cccnc2)C1. The van der Waals surface area contributed by atoms with Crippen LogP contribution in [0, 0.1) is 5.92 Å². The van der Waals surface area contributed by atoms with Gasteiger partial charge in [0.25, 0.3) is 0 Å². The molecule has 0 radical (unpaired) electrons. The van der Waals surface area contributed by atoms with Gasteiger partial charge >= 0.3 is 0 Å². The lowest BCUT2D eigenvalue weighted by Crippen LogP contribution is -2.40. The van der Waals surface area contributed by atoms with Gasteiger partial charge in [-0.15, -0.1) is 0 Å². The van der Waals surface area contributed by atoms with Gasteiger partial charge in [-0.3, -0.25) is 9.88 Å². The molecule has 2 heterocycles. The molecule has 0 aliphatic carbocycles. The standard InChI is InChI=1S/C19H25N3O2S/c23-25(24,16-17-6-2-1-3-7-17)21-13-19-9-5-11-22(15-19)14-18-8-4-10-20-12-18/h1-4,6-8,10,12,19,21H,5,9,11,13-16H2/t19-/m1/s1. The van der Waals surface area contributed by atoms with Crippen LogP contribution in [0.4, 0.5) is 0 Å². The zero-order chi connectivity index (χ0) is 17.5. The lowest BCUT2D eigenvalue weighted by Gasteiger charge is -2.32. The topological polar surface area (TPSA) is 62.3 Å². The van der Waals surface area contributed by atoms with Crippen LogP contribution in [0.15, 0.2) is 54.9 Å². The van der Waals surface area contributed by atoms with Crippen molar-refractivity contribution in [2.75, 3.05) is 19.6 Å². The Kier molecular flexibility index (Phi) is 6.18. The quantitative estimate of drug-likeness (QED) is 0.825. The minimum atomic E-state index is -3.29. The van der Waals surface area contributed by atoms with Gasteiger partial charge in [-0.1, -0.05) is 36.4 Å². The zero-order valence-electron chi connectivity index (χ0n) is 14.3. The van der Waals surface area contributed by atoms with Crippen molar-refractivity contribution in [1.82, 2.24) is 14.6 Å². The van der Waals surface area contributed by atoms with Crippen LogP contribution in [0.3, 0.4) is 0 Å². The van der Waals surface area contributed by atoms with Crippen LogP contribution in [-0.4, -0.2) is 37.9 Å². The molecule has 5 nitrogen and oxygen atoms in total. The largest absolute Gasteiger partial charge is 0.299 e. The van der Waals surface area contributed by atoms with Crippen LogP contribution >= 0.6 is 0 Å². The number of likely N-dealkylation sites (tertiary alicyclic amines) is 1. The van der Waals surface area contributed by atoms with Gasteiger partial charge in [-0.05, 0) is 42.5 Å². The molecule has 1 aromatic carbocycles. The van der Waals surface area contributed by atoms with Gasteiger partial charge in [-0.25, -0.2) is 13.1 Å². The molecule has 0 spiro atoms. The van der Waals surface area contributed by atoms with Crippen molar-refractivity contribution in [3.05, 3.63) is 66.0 Å². The van der Waals surface area contributed by atoms with Crippen molar-refractivity contribution in [3.63, 3.8) is 0 Å². The normalized spacial score (nSPS) is 19.0. The van der Waals surface area contributed by atoms with E-state index in [4.69, 9.17) is 0 Å². The molecular weight excluding hydrogens is 334 g/mol. The van der Waals surface area contributed by atoms with Crippen molar-refractivity contribution in [3.8, 4) is 0 Å². The molecule has 25 heavy (non-hydrogen) atoms. The zero-order valence-corrected chi connectivity index (χ0v) is 15.2. The van der Waals surface area contributed by atoms with E-state index in [2.05, 4.69) is 20.7 Å². The lowest BCUT2D eigenvalue weighted by atomic mass is 9.98. The molecule has 0 amide bonds. The summed E-state index contributed by atoms with van der Waals surface area (Å²) in [5, 5.41) is 0. The summed E-state index contributed by atoms with van der Waals surface area (Å²) in [6.07, 6.45) is 5.85. The van der Waals surface area contributed by atoms with Crippen LogP contribution in [0.5, 0.6) is 0 Å². The van der Waals surface area contributed by atoms with E-state index < -0.39 is 10.0 Å². The fraction of sp³-hybridized carbons (Fsp3) is 0.421. The number of benzene rings is 1. The molecule has 1 atom stereocenters. The first-order valence-corrected chi connectivity index (χ1v) is 10.4. The number of nitrogens with zero attached hydrogens (tertiary/aromatic N) is 2. The average molecular weight is 359 g/mol. The molecule has 1 saturated heterocycles. The highest BCUT2D eigenvalue weighted by atomic mass is 32.2. The predicted molar refractivity (Wildman–Crippen MR) is 99.3 cm³/mol. The van der Waals surface area contributed by atoms with Gasteiger partial charge in [0, 0.05) is 32.0 Å². The second-order valence-corrected chi connectivity index (χ2v) is 8.50. The number of rotatable bonds is 7. The molecule has 6 heteroatoms. The smallest absolute Gasteiger partial charge is 0.215 e. The highest BCUT2D eigenvalue weighted by Gasteiger charge is 2.22. The van der Waals surface area contributed by atoms with Gasteiger partial charge in [-0.2, -0.15) is 0 Å². The highest BCUT2D eigenvalue weighted by Crippen LogP contribution is 2.18. The summed E-state index contributed by atoms with van der Waals surface area (Å²) in [5.41, 5.74) is 2.02. The summed E-state index contributed by atoms with van der Waals surface area (Å²) in [5.74, 6) is 0.399. The van der Waals surface area contributed by atoms with Crippen molar-refractivity contribution in [2.45, 2.75) is 25.1 Å². The maximum Gasteiger partial charge on any atom is 0.215 e. The molecule has 1 fully saturated rings. The molecule has 3 rings (SSSR count). The number of hydrogen-bond acceptors (Lipinski definition) is 4. The predicted octanol–water partition coefficient (Wildman–Crippen LogP) is 2.41. The lowest BCUT2D eigenvalue weighted by molar-refractivity contribution is 0.168. The second kappa shape index (κ2) is 8.56. The Hall–Kier alpha value is -1.76. The maximum atomic E-state index is 12.3. The summed E-state index contributed by atoms with van der Waals surface area (Å²) in [7, 11) is -3.29. The molecule has 0 bridgehead atoms. The molecule has 0 unspecified atom stereocenters. The minimum absolute atomic E-state index is 0.0416. The molecule has 1 aliphatic heterocycles. The fourth-order valence-corrected chi connectivity index (χ4v) is 4.52. The van der Waals surface area contributed by atoms with Crippen LogP contribution < -0.4 is 4.72 Å². The van der Waals surface area contributed by atoms with Gasteiger partial charge < -0.3 is 0 Å². The Labute approximate surface area is 150 Å². The first-order valence-electron chi connectivity index (χ1n) is 8.73. The van der Waals surface area contributed by atoms with Crippen molar-refractivity contribution >= 4 is 10.0 Å². The Morgan fingerprint density at radius 2 is 1.92 bits per heavy atom. The third-order valence-corrected chi connectivity index (χ3v) is 5.84. The molecule has 0 saturated carbocycles. The summed E-state index contributed by atoms with van der Waals surface area (Å²) in [6.45, 7) is 3.37. The molecule has 134 valence electrons. The fourth-order valence-electron chi connectivity index (χ4n) is 3.30. The van der Waals surface area contributed by atoms with E-state index in [1.807, 2.05) is 42.6 Å². The summed E-state index contributed by atoms with van der Waals surface area (Å²) >= 11 is 0. The molecule has 1 N–H and O–H groups in total. The van der Waals surface area contributed by atoms with E-state index in [-0.39, 0.29) is 5.75 Å². The van der Waals surface area contributed by atoms with E-state index in [9.17, 15) is 8.42 Å². The van der Waals surface area contributed by atoms with Gasteiger partial charge in [0.1, 0.15) is 0 Å². The van der Waals surface area contributed by atoms with Crippen LogP contribution in [0.1, 0.15) is 24.0 Å². The number of hydrogen-bond donors (Lipinski definition) is 1. The van der Waals surface area contributed by atoms with Gasteiger partial charge in [0.2, 0.25) is 10.0 Å². The van der Waals surface area contributed by atoms with Crippen molar-refractivity contribution < 1.29 is 8.42 Å². The Morgan fingerprint density at radius 1 is 1.12 bits per heavy atom. The summed E-state index contributed by atoms with van der Waals surface area (Å²) < 4.78 is 27.4. The third kappa shape index (κ3) is 5.92. The van der Waals surface area contributed by atoms with E-state index in [1.54, 1.807) is 6.20 Å². The summed E-state index contributed by atoms with van der Waals surface area (Å²) in [6, 6.07) is 13.3. The number of aromatic nitrogens is 1. The van der Waals surface area contributed by atoms with Crippen molar-refractivity contribution in [1.29, 1.82) is 0 Å². The number of piperidine rings is 1. The third-order valence-electron chi connectivity index (χ3n) is 4.52. The van der Waals surface area contributed by atoms with Crippen LogP contribution in [-0.2, 0) is 22.3 Å². The molecule has 1 aromatic heterocycles. The van der Waals surface area contributed by atoms with E-state index in [1.165, 1.54) is 5.56 Å².